The molecule has 5 nitrogen and oxygen atoms in total. The summed E-state index contributed by atoms with van der Waals surface area (Å²) in [6.45, 7) is 1.39. The summed E-state index contributed by atoms with van der Waals surface area (Å²) in [6.07, 6.45) is -1.05. The van der Waals surface area contributed by atoms with Gasteiger partial charge in [-0.25, -0.2) is 0 Å². The van der Waals surface area contributed by atoms with Crippen molar-refractivity contribution in [2.24, 2.45) is 5.73 Å². The third kappa shape index (κ3) is 4.78. The largest absolute Gasteiger partial charge is 0.453 e. The molecule has 0 aliphatic rings. The van der Waals surface area contributed by atoms with Crippen LogP contribution in [0.1, 0.15) is 30.1 Å². The molecule has 0 heterocycles. The van der Waals surface area contributed by atoms with Gasteiger partial charge in [-0.1, -0.05) is 54.6 Å². The molecule has 1 atom stereocenters. The number of ketones is 1. The zero-order valence-corrected chi connectivity index (χ0v) is 13.4. The van der Waals surface area contributed by atoms with E-state index in [-0.39, 0.29) is 18.6 Å². The highest BCUT2D eigenvalue weighted by molar-refractivity contribution is 5.98. The lowest BCUT2D eigenvalue weighted by atomic mass is 10.0. The van der Waals surface area contributed by atoms with Crippen LogP contribution in [0.3, 0.4) is 0 Å². The molecule has 0 spiro atoms. The second-order valence-corrected chi connectivity index (χ2v) is 5.40. The fourth-order valence-corrected chi connectivity index (χ4v) is 2.15. The minimum absolute atomic E-state index is 0.0228. The van der Waals surface area contributed by atoms with E-state index < -0.39 is 18.0 Å². The van der Waals surface area contributed by atoms with Crippen LogP contribution in [-0.4, -0.2) is 23.8 Å². The Labute approximate surface area is 140 Å². The van der Waals surface area contributed by atoms with Gasteiger partial charge in [-0.05, 0) is 18.1 Å². The average molecular weight is 325 g/mol. The summed E-state index contributed by atoms with van der Waals surface area (Å²) >= 11 is 0. The molecule has 24 heavy (non-hydrogen) atoms. The predicted octanol–water partition coefficient (Wildman–Crippen LogP) is 2.73. The molecule has 5 heteroatoms. The minimum atomic E-state index is -0.988. The third-order valence-corrected chi connectivity index (χ3v) is 3.58. The van der Waals surface area contributed by atoms with Crippen molar-refractivity contribution in [3.8, 4) is 11.1 Å². The van der Waals surface area contributed by atoms with Crippen LogP contribution in [-0.2, 0) is 14.3 Å². The molecule has 124 valence electrons. The fourth-order valence-electron chi connectivity index (χ4n) is 2.15. The number of carbonyl (C=O) groups is 3. The summed E-state index contributed by atoms with van der Waals surface area (Å²) in [7, 11) is 0. The van der Waals surface area contributed by atoms with Crippen molar-refractivity contribution >= 4 is 17.7 Å². The number of rotatable bonds is 7. The van der Waals surface area contributed by atoms with Gasteiger partial charge in [0.05, 0.1) is 6.42 Å². The lowest BCUT2D eigenvalue weighted by molar-refractivity contribution is -0.153. The number of nitrogens with two attached hydrogens (primary N) is 1. The first kappa shape index (κ1) is 17.4. The maximum Gasteiger partial charge on any atom is 0.307 e. The van der Waals surface area contributed by atoms with Gasteiger partial charge in [-0.2, -0.15) is 0 Å². The summed E-state index contributed by atoms with van der Waals surface area (Å²) in [4.78, 5) is 34.5. The Balaban J connectivity index is 1.91. The van der Waals surface area contributed by atoms with E-state index in [4.69, 9.17) is 10.5 Å². The molecule has 2 N–H and O–H groups in total. The van der Waals surface area contributed by atoms with E-state index in [0.717, 1.165) is 11.1 Å². The maximum atomic E-state index is 12.1. The summed E-state index contributed by atoms with van der Waals surface area (Å²) in [6, 6.07) is 17.1. The highest BCUT2D eigenvalue weighted by Crippen LogP contribution is 2.20. The van der Waals surface area contributed by atoms with Gasteiger partial charge in [0.2, 0.25) is 0 Å². The molecule has 2 aromatic rings. The third-order valence-electron chi connectivity index (χ3n) is 3.58. The number of hydrogen-bond acceptors (Lipinski definition) is 4. The SMILES string of the molecule is C[C@H](OC(=O)CCC(=O)c1ccc(-c2ccccc2)cc1)C(N)=O. The molecule has 0 saturated carbocycles. The Morgan fingerprint density at radius 2 is 1.50 bits per heavy atom. The van der Waals surface area contributed by atoms with Crippen LogP contribution in [0, 0.1) is 0 Å². The molecule has 0 saturated heterocycles. The van der Waals surface area contributed by atoms with Crippen molar-refractivity contribution in [1.29, 1.82) is 0 Å². The fraction of sp³-hybridized carbons (Fsp3) is 0.211. The molecule has 2 rings (SSSR count). The van der Waals surface area contributed by atoms with Crippen LogP contribution in [0.5, 0.6) is 0 Å². The Hall–Kier alpha value is -2.95. The molecule has 0 aliphatic heterocycles. The van der Waals surface area contributed by atoms with Gasteiger partial charge in [-0.15, -0.1) is 0 Å². The topological polar surface area (TPSA) is 86.5 Å². The molecule has 0 aromatic heterocycles. The molecule has 1 amide bonds. The number of carbonyl (C=O) groups excluding carboxylic acids is 3. The Morgan fingerprint density at radius 1 is 0.917 bits per heavy atom. The second kappa shape index (κ2) is 8.06. The number of benzene rings is 2. The first-order valence-corrected chi connectivity index (χ1v) is 7.65. The van der Waals surface area contributed by atoms with E-state index in [2.05, 4.69) is 0 Å². The van der Waals surface area contributed by atoms with Gasteiger partial charge in [0.1, 0.15) is 0 Å². The normalized spacial score (nSPS) is 11.5. The number of primary amides is 1. The smallest absolute Gasteiger partial charge is 0.307 e. The van der Waals surface area contributed by atoms with Gasteiger partial charge in [0.25, 0.3) is 5.91 Å². The van der Waals surface area contributed by atoms with Crippen LogP contribution in [0.25, 0.3) is 11.1 Å². The average Bonchev–Trinajstić information content (AvgIpc) is 2.60. The van der Waals surface area contributed by atoms with Crippen LogP contribution < -0.4 is 5.73 Å². The van der Waals surface area contributed by atoms with Crippen molar-refractivity contribution < 1.29 is 19.1 Å². The van der Waals surface area contributed by atoms with Crippen molar-refractivity contribution in [3.63, 3.8) is 0 Å². The predicted molar refractivity (Wildman–Crippen MR) is 90.2 cm³/mol. The molecule has 0 fully saturated rings. The van der Waals surface area contributed by atoms with Crippen molar-refractivity contribution in [1.82, 2.24) is 0 Å². The highest BCUT2D eigenvalue weighted by Gasteiger charge is 2.16. The van der Waals surface area contributed by atoms with Crippen LogP contribution in [0.15, 0.2) is 54.6 Å². The molecule has 0 bridgehead atoms. The number of Topliss-reactive ketones (excluding diaryl/α,β-unsaturated/α-hetero) is 1. The van der Waals surface area contributed by atoms with Gasteiger partial charge in [0, 0.05) is 12.0 Å². The van der Waals surface area contributed by atoms with Crippen molar-refractivity contribution in [2.75, 3.05) is 0 Å². The molecule has 0 unspecified atom stereocenters. The van der Waals surface area contributed by atoms with E-state index in [0.29, 0.717) is 5.56 Å². The van der Waals surface area contributed by atoms with Crippen LogP contribution >= 0.6 is 0 Å². The van der Waals surface area contributed by atoms with Gasteiger partial charge >= 0.3 is 5.97 Å². The molecular formula is C19H19NO4. The number of amides is 1. The van der Waals surface area contributed by atoms with E-state index in [1.165, 1.54) is 6.92 Å². The Morgan fingerprint density at radius 3 is 2.08 bits per heavy atom. The Bertz CT molecular complexity index is 723. The van der Waals surface area contributed by atoms with Crippen molar-refractivity contribution in [3.05, 3.63) is 60.2 Å². The van der Waals surface area contributed by atoms with Crippen LogP contribution in [0.2, 0.25) is 0 Å². The van der Waals surface area contributed by atoms with Crippen molar-refractivity contribution in [2.45, 2.75) is 25.9 Å². The quantitative estimate of drug-likeness (QED) is 0.626. The Kier molecular flexibility index (Phi) is 5.84. The molecule has 0 aliphatic carbocycles. The number of hydrogen-bond donors (Lipinski definition) is 1. The minimum Gasteiger partial charge on any atom is -0.453 e. The lowest BCUT2D eigenvalue weighted by Gasteiger charge is -2.09. The van der Waals surface area contributed by atoms with E-state index >= 15 is 0 Å². The van der Waals surface area contributed by atoms with Crippen LogP contribution in [0.4, 0.5) is 0 Å². The molecule has 0 radical (unpaired) electrons. The van der Waals surface area contributed by atoms with E-state index in [9.17, 15) is 14.4 Å². The van der Waals surface area contributed by atoms with Gasteiger partial charge in [0.15, 0.2) is 11.9 Å². The summed E-state index contributed by atoms with van der Waals surface area (Å²) in [5, 5.41) is 0. The molecule has 2 aromatic carbocycles. The van der Waals surface area contributed by atoms with E-state index in [1.807, 2.05) is 42.5 Å². The molecular weight excluding hydrogens is 306 g/mol. The standard InChI is InChI=1S/C19H19NO4/c1-13(19(20)23)24-18(22)12-11-17(21)16-9-7-15(8-10-16)14-5-3-2-4-6-14/h2-10,13H,11-12H2,1H3,(H2,20,23)/t13-/m0/s1. The number of esters is 1. The maximum absolute atomic E-state index is 12.1. The highest BCUT2D eigenvalue weighted by atomic mass is 16.5. The zero-order chi connectivity index (χ0) is 17.5. The second-order valence-electron chi connectivity index (χ2n) is 5.40. The lowest BCUT2D eigenvalue weighted by Crippen LogP contribution is -2.30. The first-order valence-electron chi connectivity index (χ1n) is 7.65. The summed E-state index contributed by atoms with van der Waals surface area (Å²) < 4.78 is 4.81. The van der Waals surface area contributed by atoms with Gasteiger partial charge in [-0.3, -0.25) is 14.4 Å². The zero-order valence-electron chi connectivity index (χ0n) is 13.4. The monoisotopic (exact) mass is 325 g/mol. The summed E-state index contributed by atoms with van der Waals surface area (Å²) in [5.74, 6) is -1.49. The van der Waals surface area contributed by atoms with E-state index in [1.54, 1.807) is 12.1 Å². The summed E-state index contributed by atoms with van der Waals surface area (Å²) in [5.41, 5.74) is 7.63. The number of ether oxygens (including phenoxy) is 1. The van der Waals surface area contributed by atoms with Gasteiger partial charge < -0.3 is 10.5 Å². The first-order chi connectivity index (χ1) is 11.5.